The van der Waals surface area contributed by atoms with Crippen LogP contribution in [0.25, 0.3) is 0 Å². The van der Waals surface area contributed by atoms with Gasteiger partial charge in [0.25, 0.3) is 0 Å². The first-order valence-electron chi connectivity index (χ1n) is 7.35. The molecule has 0 radical (unpaired) electrons. The Morgan fingerprint density at radius 1 is 0.864 bits per heavy atom. The van der Waals surface area contributed by atoms with Gasteiger partial charge in [0.2, 0.25) is 12.1 Å². The highest BCUT2D eigenvalue weighted by Crippen LogP contribution is 2.21. The topological polar surface area (TPSA) is 44.8 Å². The molecule has 0 saturated heterocycles. The third kappa shape index (κ3) is 4.41. The van der Waals surface area contributed by atoms with Crippen LogP contribution in [0.5, 0.6) is 11.5 Å². The van der Waals surface area contributed by atoms with Gasteiger partial charge in [-0.3, -0.25) is 4.79 Å². The normalized spacial score (nSPS) is 10.7. The lowest BCUT2D eigenvalue weighted by Gasteiger charge is -2.15. The van der Waals surface area contributed by atoms with Gasteiger partial charge < -0.3 is 14.2 Å². The predicted octanol–water partition coefficient (Wildman–Crippen LogP) is 4.06. The van der Waals surface area contributed by atoms with Gasteiger partial charge in [-0.1, -0.05) is 18.2 Å². The molecule has 22 heavy (non-hydrogen) atoms. The molecule has 2 aromatic rings. The van der Waals surface area contributed by atoms with Crippen LogP contribution in [0.2, 0.25) is 0 Å². The van der Waals surface area contributed by atoms with Crippen molar-refractivity contribution in [1.82, 2.24) is 0 Å². The van der Waals surface area contributed by atoms with Gasteiger partial charge in [0, 0.05) is 18.8 Å². The molecule has 0 N–H and O–H groups in total. The molecule has 4 nitrogen and oxygen atoms in total. The molecule has 0 bridgehead atoms. The summed E-state index contributed by atoms with van der Waals surface area (Å²) in [6.07, 6.45) is -0.851. The molecule has 0 aliphatic carbocycles. The van der Waals surface area contributed by atoms with Crippen molar-refractivity contribution >= 4 is 5.78 Å². The number of ether oxygens (including phenoxy) is 3. The highest BCUT2D eigenvalue weighted by molar-refractivity contribution is 5.98. The van der Waals surface area contributed by atoms with Gasteiger partial charge in [0.05, 0.1) is 0 Å². The Morgan fingerprint density at radius 3 is 1.95 bits per heavy atom. The van der Waals surface area contributed by atoms with E-state index in [0.29, 0.717) is 24.5 Å². The van der Waals surface area contributed by atoms with E-state index >= 15 is 0 Å². The van der Waals surface area contributed by atoms with E-state index in [9.17, 15) is 4.79 Å². The first kappa shape index (κ1) is 16.2. The summed E-state index contributed by atoms with van der Waals surface area (Å²) in [5.41, 5.74) is 0.535. The van der Waals surface area contributed by atoms with Gasteiger partial charge in [-0.15, -0.1) is 0 Å². The predicted molar refractivity (Wildman–Crippen MR) is 84.3 cm³/mol. The zero-order valence-corrected chi connectivity index (χ0v) is 12.8. The molecule has 0 aliphatic rings. The first-order valence-corrected chi connectivity index (χ1v) is 7.35. The number of rotatable bonds is 8. The van der Waals surface area contributed by atoms with E-state index in [1.165, 1.54) is 0 Å². The van der Waals surface area contributed by atoms with Crippen molar-refractivity contribution in [1.29, 1.82) is 0 Å². The number of hydrogen-bond donors (Lipinski definition) is 0. The summed E-state index contributed by atoms with van der Waals surface area (Å²) in [6.45, 7) is 4.50. The van der Waals surface area contributed by atoms with Gasteiger partial charge >= 0.3 is 0 Å². The minimum absolute atomic E-state index is 0.185. The summed E-state index contributed by atoms with van der Waals surface area (Å²) in [5.74, 6) is 1.24. The average molecular weight is 300 g/mol. The molecule has 4 heteroatoms. The number of hydrogen-bond acceptors (Lipinski definition) is 4. The fraction of sp³-hybridized carbons (Fsp3) is 0.278. The van der Waals surface area contributed by atoms with E-state index in [2.05, 4.69) is 0 Å². The van der Waals surface area contributed by atoms with Crippen LogP contribution in [0, 0.1) is 0 Å². The summed E-state index contributed by atoms with van der Waals surface area (Å²) in [4.78, 5) is 12.3. The Kier molecular flexibility index (Phi) is 6.13. The lowest BCUT2D eigenvalue weighted by Crippen LogP contribution is -2.27. The Hall–Kier alpha value is -2.17. The smallest absolute Gasteiger partial charge is 0.222 e. The molecule has 0 atom stereocenters. The zero-order valence-electron chi connectivity index (χ0n) is 12.8. The standard InChI is InChI=1S/C18H20O4/c1-3-20-18(21-4-2)17(19)14-10-12-16(13-11-14)22-15-8-6-5-7-9-15/h5-13,18H,3-4H2,1-2H3. The number of Topliss-reactive ketones (excluding diaryl/α,β-unsaturated/α-hetero) is 1. The molecule has 0 spiro atoms. The first-order chi connectivity index (χ1) is 10.7. The van der Waals surface area contributed by atoms with Crippen molar-refractivity contribution < 1.29 is 19.0 Å². The van der Waals surface area contributed by atoms with E-state index in [1.54, 1.807) is 24.3 Å². The molecule has 2 aromatic carbocycles. The molecule has 0 heterocycles. The summed E-state index contributed by atoms with van der Waals surface area (Å²) >= 11 is 0. The molecule has 0 saturated carbocycles. The summed E-state index contributed by atoms with van der Waals surface area (Å²) in [7, 11) is 0. The maximum absolute atomic E-state index is 12.3. The summed E-state index contributed by atoms with van der Waals surface area (Å²) in [6, 6.07) is 16.4. The molecule has 0 amide bonds. The fourth-order valence-corrected chi connectivity index (χ4v) is 1.95. The third-order valence-corrected chi connectivity index (χ3v) is 2.97. The second-order valence-electron chi connectivity index (χ2n) is 4.55. The van der Waals surface area contributed by atoms with Crippen molar-refractivity contribution in [2.75, 3.05) is 13.2 Å². The van der Waals surface area contributed by atoms with E-state index in [-0.39, 0.29) is 5.78 Å². The SMILES string of the molecule is CCOC(OCC)C(=O)c1ccc(Oc2ccccc2)cc1. The number of carbonyl (C=O) groups excluding carboxylic acids is 1. The zero-order chi connectivity index (χ0) is 15.8. The highest BCUT2D eigenvalue weighted by Gasteiger charge is 2.20. The van der Waals surface area contributed by atoms with E-state index < -0.39 is 6.29 Å². The van der Waals surface area contributed by atoms with Gasteiger partial charge in [-0.25, -0.2) is 0 Å². The van der Waals surface area contributed by atoms with Crippen LogP contribution in [0.15, 0.2) is 54.6 Å². The van der Waals surface area contributed by atoms with Crippen LogP contribution in [0.1, 0.15) is 24.2 Å². The molecular weight excluding hydrogens is 280 g/mol. The van der Waals surface area contributed by atoms with Gasteiger partial charge in [-0.2, -0.15) is 0 Å². The van der Waals surface area contributed by atoms with Gasteiger partial charge in [0.15, 0.2) is 0 Å². The number of ketones is 1. The average Bonchev–Trinajstić information content (AvgIpc) is 2.56. The van der Waals surface area contributed by atoms with Crippen LogP contribution >= 0.6 is 0 Å². The van der Waals surface area contributed by atoms with Crippen LogP contribution in [-0.4, -0.2) is 25.3 Å². The molecule has 0 aromatic heterocycles. The Morgan fingerprint density at radius 2 is 1.41 bits per heavy atom. The minimum atomic E-state index is -0.851. The van der Waals surface area contributed by atoms with Gasteiger partial charge in [-0.05, 0) is 50.2 Å². The number of para-hydroxylation sites is 1. The van der Waals surface area contributed by atoms with Crippen molar-refractivity contribution in [2.24, 2.45) is 0 Å². The lowest BCUT2D eigenvalue weighted by atomic mass is 10.1. The summed E-state index contributed by atoms with van der Waals surface area (Å²) in [5, 5.41) is 0. The largest absolute Gasteiger partial charge is 0.457 e. The van der Waals surface area contributed by atoms with E-state index in [1.807, 2.05) is 44.2 Å². The quantitative estimate of drug-likeness (QED) is 0.545. The van der Waals surface area contributed by atoms with E-state index in [4.69, 9.17) is 14.2 Å². The second-order valence-corrected chi connectivity index (χ2v) is 4.55. The molecule has 0 aliphatic heterocycles. The Labute approximate surface area is 130 Å². The monoisotopic (exact) mass is 300 g/mol. The summed E-state index contributed by atoms with van der Waals surface area (Å²) < 4.78 is 16.3. The fourth-order valence-electron chi connectivity index (χ4n) is 1.95. The highest BCUT2D eigenvalue weighted by atomic mass is 16.7. The van der Waals surface area contributed by atoms with Crippen molar-refractivity contribution in [3.8, 4) is 11.5 Å². The molecule has 0 unspecified atom stereocenters. The Bertz CT molecular complexity index is 572. The molecule has 116 valence electrons. The number of benzene rings is 2. The van der Waals surface area contributed by atoms with Crippen LogP contribution in [0.4, 0.5) is 0 Å². The van der Waals surface area contributed by atoms with Crippen molar-refractivity contribution in [2.45, 2.75) is 20.1 Å². The maximum Gasteiger partial charge on any atom is 0.222 e. The Balaban J connectivity index is 2.05. The minimum Gasteiger partial charge on any atom is -0.457 e. The van der Waals surface area contributed by atoms with Gasteiger partial charge in [0.1, 0.15) is 11.5 Å². The number of carbonyl (C=O) groups is 1. The third-order valence-electron chi connectivity index (χ3n) is 2.97. The maximum atomic E-state index is 12.3. The molecular formula is C18H20O4. The lowest BCUT2D eigenvalue weighted by molar-refractivity contribution is -0.107. The molecule has 2 rings (SSSR count). The van der Waals surface area contributed by atoms with E-state index in [0.717, 1.165) is 5.75 Å². The van der Waals surface area contributed by atoms with Crippen LogP contribution in [-0.2, 0) is 9.47 Å². The molecule has 0 fully saturated rings. The van der Waals surface area contributed by atoms with Crippen molar-refractivity contribution in [3.05, 3.63) is 60.2 Å². The second kappa shape index (κ2) is 8.32. The van der Waals surface area contributed by atoms with Crippen molar-refractivity contribution in [3.63, 3.8) is 0 Å². The van der Waals surface area contributed by atoms with Crippen LogP contribution in [0.3, 0.4) is 0 Å². The van der Waals surface area contributed by atoms with Crippen LogP contribution < -0.4 is 4.74 Å².